The molecule has 30 nitrogen and oxygen atoms in total. The third kappa shape index (κ3) is 21.3. The third-order valence-corrected chi connectivity index (χ3v) is 29.7. The number of aliphatic hydroxyl groups is 10. The van der Waals surface area contributed by atoms with Crippen molar-refractivity contribution in [2.24, 2.45) is 27.1 Å². The Morgan fingerprint density at radius 2 is 0.400 bits per heavy atom. The summed E-state index contributed by atoms with van der Waals surface area (Å²) in [5.74, 6) is -5.03. The Balaban J connectivity index is 4.08. The van der Waals surface area contributed by atoms with Crippen LogP contribution in [0.15, 0.2) is 0 Å². The van der Waals surface area contributed by atoms with Crippen LogP contribution >= 0.6 is 0 Å². The molecule has 0 aromatic heterocycles. The van der Waals surface area contributed by atoms with E-state index in [-0.39, 0.29) is 0 Å². The smallest absolute Gasteiger partial charge is 0.463 e. The topological polar surface area (TPSA) is 426 Å². The number of hydrogen-bond donors (Lipinski definition) is 10. The van der Waals surface area contributed by atoms with Crippen molar-refractivity contribution in [1.29, 1.82) is 0 Å². The largest absolute Gasteiger partial charge is 0.483 e. The zero-order chi connectivity index (χ0) is 57.6. The zero-order valence-corrected chi connectivity index (χ0v) is 49.3. The van der Waals surface area contributed by atoms with E-state index >= 15 is 0 Å². The van der Waals surface area contributed by atoms with Crippen molar-refractivity contribution in [1.82, 2.24) is 0 Å². The minimum absolute atomic E-state index is 0.530. The molecule has 0 saturated carbocycles. The predicted molar refractivity (Wildman–Crippen MR) is 259 cm³/mol. The highest BCUT2D eigenvalue weighted by molar-refractivity contribution is 6.88. The van der Waals surface area contributed by atoms with Gasteiger partial charge in [-0.25, -0.2) is 0 Å². The van der Waals surface area contributed by atoms with E-state index in [2.05, 4.69) is 0 Å². The van der Waals surface area contributed by atoms with Crippen molar-refractivity contribution >= 4 is 73.9 Å². The quantitative estimate of drug-likeness (QED) is 0.0124. The number of aliphatic hydroxyl groups excluding tert-OH is 10. The lowest BCUT2D eigenvalue weighted by Gasteiger charge is -2.46. The summed E-state index contributed by atoms with van der Waals surface area (Å²) in [6, 6.07) is 0. The summed E-state index contributed by atoms with van der Waals surface area (Å²) in [5, 5.41) is 97.5. The van der Waals surface area contributed by atoms with Crippen molar-refractivity contribution in [3.8, 4) is 0 Å². The molecule has 0 aromatic carbocycles. The highest BCUT2D eigenvalue weighted by Crippen LogP contribution is 2.34. The molecule has 0 bridgehead atoms. The highest BCUT2D eigenvalue weighted by Gasteiger charge is 2.63. The van der Waals surface area contributed by atoms with Crippen LogP contribution in [0.3, 0.4) is 0 Å². The summed E-state index contributed by atoms with van der Waals surface area (Å²) in [6.07, 6.45) is 0. The summed E-state index contributed by atoms with van der Waals surface area (Å²) in [4.78, 5) is 64.3. The molecule has 0 amide bonds. The number of esters is 5. The molecule has 0 atom stereocenters. The van der Waals surface area contributed by atoms with Crippen LogP contribution in [0.1, 0.15) is 34.6 Å². The van der Waals surface area contributed by atoms with E-state index in [9.17, 15) is 75.0 Å². The van der Waals surface area contributed by atoms with Gasteiger partial charge in [0.2, 0.25) is 0 Å². The van der Waals surface area contributed by atoms with Crippen LogP contribution in [-0.2, 0) is 90.4 Å². The fraction of sp³-hybridized carbons (Fsp3) is 0.875. The molecular formula is C40H80O30Si5. The molecule has 1 saturated heterocycles. The highest BCUT2D eigenvalue weighted by atomic mass is 28.6. The second-order valence-electron chi connectivity index (χ2n) is 19.1. The molecule has 1 heterocycles. The first kappa shape index (κ1) is 70.6. The van der Waals surface area contributed by atoms with Crippen LogP contribution in [0.2, 0.25) is 32.7 Å². The fourth-order valence-electron chi connectivity index (χ4n) is 5.66. The maximum absolute atomic E-state index is 12.9. The first-order valence-corrected chi connectivity index (χ1v) is 34.6. The van der Waals surface area contributed by atoms with Crippen molar-refractivity contribution in [2.45, 2.75) is 67.4 Å². The van der Waals surface area contributed by atoms with Crippen molar-refractivity contribution in [2.75, 3.05) is 132 Å². The van der Waals surface area contributed by atoms with E-state index < -0.39 is 233 Å². The van der Waals surface area contributed by atoms with E-state index in [1.54, 1.807) is 0 Å². The van der Waals surface area contributed by atoms with Gasteiger partial charge in [0.1, 0.15) is 60.1 Å². The summed E-state index contributed by atoms with van der Waals surface area (Å²) in [5.41, 5.74) is -8.52. The number of hydrogen-bond acceptors (Lipinski definition) is 30. The van der Waals surface area contributed by atoms with E-state index in [1.807, 2.05) is 0 Å². The minimum atomic E-state index is -4.59. The standard InChI is InChI=1S/C40H80O30Si5/c1-36(21-41,22-42)31(51)56-11-16-61-71(6)66-72(7,62-17-12-57-32(52)37(2,23-43)24-44)68-74(9,64-19-14-59-34(54)39(4,27-47)28-48)70-75(10,65-20-15-60-35(55)40(5,29-49)30-50)69-73(8,67-71)63-18-13-58-33(53)38(3,25-45)26-46/h41-50H,11-30H2,1-10H3. The average molecular weight is 1180 g/mol. The Morgan fingerprint density at radius 3 is 0.507 bits per heavy atom. The molecule has 440 valence electrons. The van der Waals surface area contributed by atoms with Crippen LogP contribution in [0.5, 0.6) is 0 Å². The minimum Gasteiger partial charge on any atom is -0.463 e. The van der Waals surface area contributed by atoms with Crippen LogP contribution in [0.25, 0.3) is 0 Å². The molecule has 0 unspecified atom stereocenters. The van der Waals surface area contributed by atoms with Gasteiger partial charge in [0, 0.05) is 32.7 Å². The van der Waals surface area contributed by atoms with Gasteiger partial charge in [-0.05, 0) is 34.6 Å². The maximum Gasteiger partial charge on any atom is 0.483 e. The molecule has 1 aliphatic rings. The molecule has 1 aliphatic heterocycles. The third-order valence-electron chi connectivity index (χ3n) is 11.2. The molecule has 75 heavy (non-hydrogen) atoms. The van der Waals surface area contributed by atoms with Gasteiger partial charge in [0.25, 0.3) is 0 Å². The van der Waals surface area contributed by atoms with Gasteiger partial charge in [0.05, 0.1) is 99.1 Å². The normalized spacial score (nSPS) is 24.3. The first-order valence-electron chi connectivity index (χ1n) is 23.4. The molecule has 0 aromatic rings. The van der Waals surface area contributed by atoms with Crippen molar-refractivity contribution in [3.63, 3.8) is 0 Å². The SMILES string of the molecule is CC(CO)(CO)C(=O)OCCO[Si]1(C)O[Si](C)(OCCOC(=O)C(C)(CO)CO)O[Si](C)(OCCOC(=O)C(C)(CO)CO)O[Si](C)(OCCOC(=O)C(C)(CO)CO)O[Si](C)(OCCOC(=O)C(C)(CO)CO)O1. The number of rotatable bonds is 35. The fourth-order valence-corrected chi connectivity index (χ4v) is 26.5. The second-order valence-corrected chi connectivity index (χ2v) is 33.3. The number of carbonyl (C=O) groups is 5. The van der Waals surface area contributed by atoms with Gasteiger partial charge in [-0.2, -0.15) is 0 Å². The van der Waals surface area contributed by atoms with Gasteiger partial charge in [-0.1, -0.05) is 0 Å². The van der Waals surface area contributed by atoms with Crippen LogP contribution in [0.4, 0.5) is 0 Å². The lowest BCUT2D eigenvalue weighted by molar-refractivity contribution is -0.162. The summed E-state index contributed by atoms with van der Waals surface area (Å²) < 4.78 is 90.6. The summed E-state index contributed by atoms with van der Waals surface area (Å²) in [7, 11) is -22.9. The van der Waals surface area contributed by atoms with E-state index in [0.717, 1.165) is 0 Å². The van der Waals surface area contributed by atoms with E-state index in [0.29, 0.717) is 0 Å². The number of carbonyl (C=O) groups excluding carboxylic acids is 5. The van der Waals surface area contributed by atoms with Gasteiger partial charge in [-0.15, -0.1) is 0 Å². The monoisotopic (exact) mass is 1180 g/mol. The van der Waals surface area contributed by atoms with Crippen molar-refractivity contribution < 1.29 is 141 Å². The Kier molecular flexibility index (Phi) is 29.1. The number of ether oxygens (including phenoxy) is 5. The van der Waals surface area contributed by atoms with Crippen LogP contribution in [0, 0.1) is 27.1 Å². The maximum atomic E-state index is 12.9. The average Bonchev–Trinajstić information content (AvgIpc) is 3.37. The molecule has 35 heteroatoms. The second kappa shape index (κ2) is 30.8. The van der Waals surface area contributed by atoms with Crippen LogP contribution in [-0.4, -0.2) is 257 Å². The van der Waals surface area contributed by atoms with Gasteiger partial charge < -0.3 is 117 Å². The van der Waals surface area contributed by atoms with E-state index in [1.165, 1.54) is 67.4 Å². The Morgan fingerprint density at radius 1 is 0.280 bits per heavy atom. The van der Waals surface area contributed by atoms with Gasteiger partial charge in [-0.3, -0.25) is 24.0 Å². The van der Waals surface area contributed by atoms with Crippen molar-refractivity contribution in [3.05, 3.63) is 0 Å². The summed E-state index contributed by atoms with van der Waals surface area (Å²) in [6.45, 7) is -0.298. The molecule has 0 aliphatic carbocycles. The van der Waals surface area contributed by atoms with Gasteiger partial charge in [0.15, 0.2) is 0 Å². The molecule has 0 spiro atoms. The molecule has 0 radical (unpaired) electrons. The van der Waals surface area contributed by atoms with Crippen LogP contribution < -0.4 is 0 Å². The lowest BCUT2D eigenvalue weighted by atomic mass is 9.93. The summed E-state index contributed by atoms with van der Waals surface area (Å²) >= 11 is 0. The molecule has 1 fully saturated rings. The molecule has 1 rings (SSSR count). The zero-order valence-electron chi connectivity index (χ0n) is 44.3. The Hall–Kier alpha value is -2.37. The lowest BCUT2D eigenvalue weighted by Crippen LogP contribution is -2.70. The van der Waals surface area contributed by atoms with Gasteiger partial charge >= 0.3 is 73.9 Å². The molecular weight excluding hydrogens is 1100 g/mol. The predicted octanol–water partition coefficient (Wildman–Crippen LogP) is -4.32. The Labute approximate surface area is 440 Å². The first-order chi connectivity index (χ1) is 34.8. The van der Waals surface area contributed by atoms with E-state index in [4.69, 9.17) is 66.4 Å². The molecule has 10 N–H and O–H groups in total. The Bertz CT molecular complexity index is 1480.